The molecular weight excluding hydrogens is 525 g/mol. The molecule has 0 spiro atoms. The molecule has 2 aromatic rings. The van der Waals surface area contributed by atoms with Crippen LogP contribution in [-0.4, -0.2) is 57.1 Å². The quantitative estimate of drug-likeness (QED) is 0.414. The Morgan fingerprint density at radius 2 is 1.64 bits per heavy atom. The maximum Gasteiger partial charge on any atom is 0.244 e. The molecule has 0 saturated heterocycles. The molecule has 36 heavy (non-hydrogen) atoms. The lowest BCUT2D eigenvalue weighted by molar-refractivity contribution is -0.140. The van der Waals surface area contributed by atoms with E-state index < -0.39 is 28.5 Å². The minimum atomic E-state index is -3.89. The number of para-hydroxylation sites is 2. The highest BCUT2D eigenvalue weighted by atomic mass is 35.5. The number of rotatable bonds is 12. The van der Waals surface area contributed by atoms with Gasteiger partial charge < -0.3 is 15.0 Å². The predicted molar refractivity (Wildman–Crippen MR) is 144 cm³/mol. The van der Waals surface area contributed by atoms with Gasteiger partial charge in [0.05, 0.1) is 19.1 Å². The number of hydrogen-bond donors (Lipinski definition) is 1. The lowest BCUT2D eigenvalue weighted by atomic mass is 10.1. The molecule has 2 amide bonds. The van der Waals surface area contributed by atoms with Gasteiger partial charge in [0, 0.05) is 28.2 Å². The van der Waals surface area contributed by atoms with Crippen LogP contribution in [0.1, 0.15) is 39.2 Å². The number of ether oxygens (including phenoxy) is 1. The van der Waals surface area contributed by atoms with Crippen molar-refractivity contribution in [2.45, 2.75) is 52.2 Å². The van der Waals surface area contributed by atoms with Gasteiger partial charge >= 0.3 is 0 Å². The standard InChI is InChI=1S/C25H33Cl2N3O5S/c1-6-17(3)28-25(32)21(7-2)29(15-18-19(26)11-10-12-20(18)27)24(31)16-30(36(5,33)34)22-13-8-9-14-23(22)35-4/h8-14,17,21H,6-7,15-16H2,1-5H3,(H,28,32). The van der Waals surface area contributed by atoms with Gasteiger partial charge in [-0.1, -0.05) is 55.2 Å². The minimum absolute atomic E-state index is 0.0761. The van der Waals surface area contributed by atoms with Gasteiger partial charge in [-0.25, -0.2) is 8.42 Å². The van der Waals surface area contributed by atoms with Crippen molar-refractivity contribution in [2.75, 3.05) is 24.2 Å². The second-order valence-electron chi connectivity index (χ2n) is 8.41. The highest BCUT2D eigenvalue weighted by molar-refractivity contribution is 7.92. The van der Waals surface area contributed by atoms with E-state index >= 15 is 0 Å². The molecule has 2 aromatic carbocycles. The highest BCUT2D eigenvalue weighted by Gasteiger charge is 2.33. The van der Waals surface area contributed by atoms with Crippen LogP contribution in [-0.2, 0) is 26.2 Å². The molecule has 11 heteroatoms. The molecule has 0 aliphatic carbocycles. The Morgan fingerprint density at radius 3 is 2.17 bits per heavy atom. The van der Waals surface area contributed by atoms with Gasteiger partial charge in [0.15, 0.2) is 0 Å². The summed E-state index contributed by atoms with van der Waals surface area (Å²) in [6.07, 6.45) is 2.01. The average molecular weight is 559 g/mol. The van der Waals surface area contributed by atoms with Gasteiger partial charge in [-0.15, -0.1) is 0 Å². The average Bonchev–Trinajstić information content (AvgIpc) is 2.83. The number of sulfonamides is 1. The number of benzene rings is 2. The third-order valence-electron chi connectivity index (χ3n) is 5.81. The molecular formula is C25H33Cl2N3O5S. The highest BCUT2D eigenvalue weighted by Crippen LogP contribution is 2.31. The van der Waals surface area contributed by atoms with Crippen molar-refractivity contribution in [2.24, 2.45) is 0 Å². The second kappa shape index (κ2) is 13.2. The minimum Gasteiger partial charge on any atom is -0.495 e. The first-order valence-electron chi connectivity index (χ1n) is 11.6. The van der Waals surface area contributed by atoms with Gasteiger partial charge in [0.25, 0.3) is 0 Å². The van der Waals surface area contributed by atoms with Gasteiger partial charge in [-0.3, -0.25) is 13.9 Å². The van der Waals surface area contributed by atoms with E-state index in [-0.39, 0.29) is 29.9 Å². The first-order chi connectivity index (χ1) is 16.9. The molecule has 0 bridgehead atoms. The number of nitrogens with one attached hydrogen (secondary N) is 1. The summed E-state index contributed by atoms with van der Waals surface area (Å²) in [5.74, 6) is -0.641. The molecule has 2 atom stereocenters. The monoisotopic (exact) mass is 557 g/mol. The van der Waals surface area contributed by atoms with Gasteiger partial charge in [-0.2, -0.15) is 0 Å². The molecule has 0 heterocycles. The van der Waals surface area contributed by atoms with Crippen LogP contribution >= 0.6 is 23.2 Å². The number of amides is 2. The molecule has 0 saturated carbocycles. The smallest absolute Gasteiger partial charge is 0.244 e. The van der Waals surface area contributed by atoms with Crippen LogP contribution in [0.15, 0.2) is 42.5 Å². The maximum atomic E-state index is 13.8. The molecule has 8 nitrogen and oxygen atoms in total. The van der Waals surface area contributed by atoms with Crippen LogP contribution < -0.4 is 14.4 Å². The van der Waals surface area contributed by atoms with Crippen LogP contribution in [0.4, 0.5) is 5.69 Å². The Hall–Kier alpha value is -2.49. The third-order valence-corrected chi connectivity index (χ3v) is 7.64. The molecule has 0 aliphatic rings. The van der Waals surface area contributed by atoms with E-state index in [1.54, 1.807) is 49.4 Å². The summed E-state index contributed by atoms with van der Waals surface area (Å²) in [7, 11) is -2.47. The summed E-state index contributed by atoms with van der Waals surface area (Å²) < 4.78 is 31.8. The number of hydrogen-bond acceptors (Lipinski definition) is 5. The summed E-state index contributed by atoms with van der Waals surface area (Å²) in [4.78, 5) is 28.3. The van der Waals surface area contributed by atoms with E-state index in [0.717, 1.165) is 10.6 Å². The maximum absolute atomic E-state index is 13.8. The lowest BCUT2D eigenvalue weighted by Gasteiger charge is -2.34. The third kappa shape index (κ3) is 7.51. The number of carbonyl (C=O) groups excluding carboxylic acids is 2. The Kier molecular flexibility index (Phi) is 10.9. The number of anilines is 1. The number of carbonyl (C=O) groups is 2. The largest absolute Gasteiger partial charge is 0.495 e. The van der Waals surface area contributed by atoms with Gasteiger partial charge in [-0.05, 0) is 44.0 Å². The zero-order valence-electron chi connectivity index (χ0n) is 21.1. The normalized spacial score (nSPS) is 13.0. The van der Waals surface area contributed by atoms with Crippen LogP contribution in [0.3, 0.4) is 0 Å². The molecule has 1 N–H and O–H groups in total. The Morgan fingerprint density at radius 1 is 1.03 bits per heavy atom. The van der Waals surface area contributed by atoms with Crippen LogP contribution in [0.5, 0.6) is 5.75 Å². The topological polar surface area (TPSA) is 96.0 Å². The zero-order valence-corrected chi connectivity index (χ0v) is 23.5. The fourth-order valence-corrected chi connectivity index (χ4v) is 5.01. The van der Waals surface area contributed by atoms with Crippen molar-refractivity contribution < 1.29 is 22.7 Å². The zero-order chi connectivity index (χ0) is 27.0. The summed E-state index contributed by atoms with van der Waals surface area (Å²) in [5.41, 5.74) is 0.677. The SMILES string of the molecule is CCC(C)NC(=O)C(CC)N(Cc1c(Cl)cccc1Cl)C(=O)CN(c1ccccc1OC)S(C)(=O)=O. The van der Waals surface area contributed by atoms with E-state index in [9.17, 15) is 18.0 Å². The van der Waals surface area contributed by atoms with Crippen LogP contribution in [0.2, 0.25) is 10.0 Å². The Balaban J connectivity index is 2.54. The molecule has 0 aromatic heterocycles. The fourth-order valence-electron chi connectivity index (χ4n) is 3.64. The second-order valence-corrected chi connectivity index (χ2v) is 11.1. The van der Waals surface area contributed by atoms with E-state index in [1.165, 1.54) is 12.0 Å². The predicted octanol–water partition coefficient (Wildman–Crippen LogP) is 4.49. The first kappa shape index (κ1) is 29.7. The van der Waals surface area contributed by atoms with Gasteiger partial charge in [0.1, 0.15) is 18.3 Å². The van der Waals surface area contributed by atoms with Crippen molar-refractivity contribution in [3.05, 3.63) is 58.1 Å². The van der Waals surface area contributed by atoms with Crippen LogP contribution in [0, 0.1) is 0 Å². The van der Waals surface area contributed by atoms with Crippen LogP contribution in [0.25, 0.3) is 0 Å². The van der Waals surface area contributed by atoms with E-state index in [4.69, 9.17) is 27.9 Å². The van der Waals surface area contributed by atoms with Crippen molar-refractivity contribution in [3.8, 4) is 5.75 Å². The number of nitrogens with zero attached hydrogens (tertiary/aromatic N) is 2. The molecule has 0 fully saturated rings. The van der Waals surface area contributed by atoms with Gasteiger partial charge in [0.2, 0.25) is 21.8 Å². The lowest BCUT2D eigenvalue weighted by Crippen LogP contribution is -2.53. The van der Waals surface area contributed by atoms with E-state index in [0.29, 0.717) is 28.5 Å². The summed E-state index contributed by atoms with van der Waals surface area (Å²) in [6, 6.07) is 10.5. The van der Waals surface area contributed by atoms with Crippen molar-refractivity contribution in [1.29, 1.82) is 0 Å². The molecule has 2 rings (SSSR count). The molecule has 0 aliphatic heterocycles. The molecule has 2 unspecified atom stereocenters. The number of halogens is 2. The van der Waals surface area contributed by atoms with E-state index in [2.05, 4.69) is 5.32 Å². The Labute approximate surface area is 223 Å². The summed E-state index contributed by atoms with van der Waals surface area (Å²) in [5, 5.41) is 3.58. The first-order valence-corrected chi connectivity index (χ1v) is 14.2. The summed E-state index contributed by atoms with van der Waals surface area (Å²) >= 11 is 12.8. The fraction of sp³-hybridized carbons (Fsp3) is 0.440. The van der Waals surface area contributed by atoms with E-state index in [1.807, 2.05) is 13.8 Å². The number of methoxy groups -OCH3 is 1. The van der Waals surface area contributed by atoms with Crippen molar-refractivity contribution in [1.82, 2.24) is 10.2 Å². The molecule has 198 valence electrons. The van der Waals surface area contributed by atoms with Crippen molar-refractivity contribution in [3.63, 3.8) is 0 Å². The molecule has 0 radical (unpaired) electrons. The summed E-state index contributed by atoms with van der Waals surface area (Å²) in [6.45, 7) is 4.97. The van der Waals surface area contributed by atoms with Crippen molar-refractivity contribution >= 4 is 50.7 Å². The Bertz CT molecular complexity index is 1160.